The maximum Gasteiger partial charge on any atom is 0.177 e. The van der Waals surface area contributed by atoms with Gasteiger partial charge >= 0.3 is 0 Å². The first-order valence-electron chi connectivity index (χ1n) is 10.4. The van der Waals surface area contributed by atoms with Gasteiger partial charge in [0, 0.05) is 25.4 Å². The van der Waals surface area contributed by atoms with E-state index in [1.54, 1.807) is 7.11 Å². The number of aryl methyl sites for hydroxylation is 2. The van der Waals surface area contributed by atoms with Gasteiger partial charge < -0.3 is 10.1 Å². The predicted molar refractivity (Wildman–Crippen MR) is 118 cm³/mol. The molecule has 0 aliphatic rings. The molecule has 3 aromatic heterocycles. The third-order valence-corrected chi connectivity index (χ3v) is 5.28. The molecule has 0 saturated carbocycles. The van der Waals surface area contributed by atoms with Crippen LogP contribution in [0.15, 0.2) is 12.1 Å². The maximum atomic E-state index is 5.39. The standard InChI is InChI=1S/C22H32N6O/c1-8-15(12-29-7)28-22-19(14(5)27-28)26-20(17(9-2)25-22)16-10-11-18(13(3)4)24-21(16)23-6/h10-11,13,15H,8-9,12H2,1-7H3,(H,23,24). The zero-order valence-corrected chi connectivity index (χ0v) is 18.6. The lowest BCUT2D eigenvalue weighted by atomic mass is 10.0. The Morgan fingerprint density at radius 1 is 1.14 bits per heavy atom. The van der Waals surface area contributed by atoms with Crippen molar-refractivity contribution >= 4 is 17.0 Å². The van der Waals surface area contributed by atoms with Crippen molar-refractivity contribution in [3.05, 3.63) is 29.2 Å². The summed E-state index contributed by atoms with van der Waals surface area (Å²) in [5, 5.41) is 7.99. The van der Waals surface area contributed by atoms with Crippen molar-refractivity contribution in [3.63, 3.8) is 0 Å². The zero-order chi connectivity index (χ0) is 21.1. The molecule has 0 radical (unpaired) electrons. The van der Waals surface area contributed by atoms with Gasteiger partial charge in [-0.2, -0.15) is 5.10 Å². The van der Waals surface area contributed by atoms with Crippen molar-refractivity contribution in [2.24, 2.45) is 0 Å². The predicted octanol–water partition coefficient (Wildman–Crippen LogP) is 4.52. The lowest BCUT2D eigenvalue weighted by Crippen LogP contribution is -2.16. The van der Waals surface area contributed by atoms with Crippen LogP contribution in [0.3, 0.4) is 0 Å². The van der Waals surface area contributed by atoms with Crippen molar-refractivity contribution in [3.8, 4) is 11.3 Å². The Bertz CT molecular complexity index is 995. The monoisotopic (exact) mass is 396 g/mol. The Hall–Kier alpha value is -2.54. The molecule has 1 atom stereocenters. The molecule has 7 nitrogen and oxygen atoms in total. The van der Waals surface area contributed by atoms with Crippen LogP contribution < -0.4 is 5.32 Å². The van der Waals surface area contributed by atoms with E-state index in [0.29, 0.717) is 12.5 Å². The van der Waals surface area contributed by atoms with Gasteiger partial charge in [0.1, 0.15) is 11.3 Å². The first-order chi connectivity index (χ1) is 13.9. The molecule has 29 heavy (non-hydrogen) atoms. The summed E-state index contributed by atoms with van der Waals surface area (Å²) in [5.41, 5.74) is 6.38. The first kappa shape index (κ1) is 21.2. The summed E-state index contributed by atoms with van der Waals surface area (Å²) in [4.78, 5) is 14.8. The van der Waals surface area contributed by atoms with E-state index in [-0.39, 0.29) is 6.04 Å². The lowest BCUT2D eigenvalue weighted by molar-refractivity contribution is 0.149. The van der Waals surface area contributed by atoms with Crippen LogP contribution in [-0.4, -0.2) is 45.5 Å². The van der Waals surface area contributed by atoms with Crippen molar-refractivity contribution in [1.29, 1.82) is 0 Å². The average Bonchev–Trinajstić information content (AvgIpc) is 3.05. The molecule has 7 heteroatoms. The molecule has 0 spiro atoms. The smallest absolute Gasteiger partial charge is 0.177 e. The van der Waals surface area contributed by atoms with E-state index in [2.05, 4.69) is 45.1 Å². The third-order valence-electron chi connectivity index (χ3n) is 5.28. The van der Waals surface area contributed by atoms with Crippen molar-refractivity contribution in [1.82, 2.24) is 24.7 Å². The summed E-state index contributed by atoms with van der Waals surface area (Å²) in [6, 6.07) is 4.32. The molecule has 3 heterocycles. The van der Waals surface area contributed by atoms with Crippen LogP contribution >= 0.6 is 0 Å². The number of methoxy groups -OCH3 is 1. The molecular formula is C22H32N6O. The average molecular weight is 397 g/mol. The Morgan fingerprint density at radius 2 is 1.90 bits per heavy atom. The highest BCUT2D eigenvalue weighted by atomic mass is 16.5. The number of fused-ring (bicyclic) bond motifs is 1. The number of rotatable bonds is 8. The van der Waals surface area contributed by atoms with E-state index in [9.17, 15) is 0 Å². The second kappa shape index (κ2) is 8.86. The molecule has 3 aromatic rings. The number of hydrogen-bond donors (Lipinski definition) is 1. The molecular weight excluding hydrogens is 364 g/mol. The largest absolute Gasteiger partial charge is 0.382 e. The van der Waals surface area contributed by atoms with Gasteiger partial charge in [-0.15, -0.1) is 0 Å². The molecule has 0 fully saturated rings. The van der Waals surface area contributed by atoms with Gasteiger partial charge in [0.05, 0.1) is 29.7 Å². The normalized spacial score (nSPS) is 12.7. The molecule has 156 valence electrons. The summed E-state index contributed by atoms with van der Waals surface area (Å²) >= 11 is 0. The molecule has 0 amide bonds. The minimum atomic E-state index is 0.140. The van der Waals surface area contributed by atoms with E-state index >= 15 is 0 Å². The number of aromatic nitrogens is 5. The second-order valence-corrected chi connectivity index (χ2v) is 7.63. The van der Waals surface area contributed by atoms with E-state index in [1.807, 2.05) is 18.7 Å². The first-order valence-corrected chi connectivity index (χ1v) is 10.4. The van der Waals surface area contributed by atoms with E-state index in [4.69, 9.17) is 24.8 Å². The highest BCUT2D eigenvalue weighted by Gasteiger charge is 2.22. The minimum Gasteiger partial charge on any atom is -0.382 e. The van der Waals surface area contributed by atoms with Crippen LogP contribution in [0.2, 0.25) is 0 Å². The van der Waals surface area contributed by atoms with Crippen molar-refractivity contribution in [2.45, 2.75) is 59.4 Å². The Balaban J connectivity index is 2.21. The van der Waals surface area contributed by atoms with E-state index < -0.39 is 0 Å². The van der Waals surface area contributed by atoms with Gasteiger partial charge in [-0.25, -0.2) is 19.6 Å². The summed E-state index contributed by atoms with van der Waals surface area (Å²) in [7, 11) is 3.61. The highest BCUT2D eigenvalue weighted by Crippen LogP contribution is 2.32. The SMILES string of the molecule is CCc1nc2c(nc1-c1ccc(C(C)C)nc1NC)c(C)nn2C(CC)COC. The van der Waals surface area contributed by atoms with Crippen LogP contribution in [-0.2, 0) is 11.2 Å². The van der Waals surface area contributed by atoms with Crippen LogP contribution in [0.4, 0.5) is 5.82 Å². The summed E-state index contributed by atoms with van der Waals surface area (Å²) in [6.07, 6.45) is 1.69. The fourth-order valence-electron chi connectivity index (χ4n) is 3.57. The molecule has 0 aliphatic heterocycles. The number of anilines is 1. The fraction of sp³-hybridized carbons (Fsp3) is 0.545. The fourth-order valence-corrected chi connectivity index (χ4v) is 3.57. The molecule has 0 aromatic carbocycles. The minimum absolute atomic E-state index is 0.140. The summed E-state index contributed by atoms with van der Waals surface area (Å²) in [5.74, 6) is 1.19. The molecule has 0 aliphatic carbocycles. The van der Waals surface area contributed by atoms with Crippen LogP contribution in [0.25, 0.3) is 22.4 Å². The van der Waals surface area contributed by atoms with Gasteiger partial charge in [0.15, 0.2) is 5.65 Å². The number of ether oxygens (including phenoxy) is 1. The molecule has 0 saturated heterocycles. The van der Waals surface area contributed by atoms with Crippen LogP contribution in [0.1, 0.15) is 63.2 Å². The number of nitrogens with one attached hydrogen (secondary N) is 1. The summed E-state index contributed by atoms with van der Waals surface area (Å²) < 4.78 is 7.37. The second-order valence-electron chi connectivity index (χ2n) is 7.63. The number of nitrogens with zero attached hydrogens (tertiary/aromatic N) is 5. The Kier molecular flexibility index (Phi) is 6.47. The molecule has 1 unspecified atom stereocenters. The quantitative estimate of drug-likeness (QED) is 0.603. The maximum absolute atomic E-state index is 5.39. The van der Waals surface area contributed by atoms with Crippen LogP contribution in [0, 0.1) is 6.92 Å². The van der Waals surface area contributed by atoms with Crippen LogP contribution in [0.5, 0.6) is 0 Å². The van der Waals surface area contributed by atoms with Gasteiger partial charge in [0.2, 0.25) is 0 Å². The lowest BCUT2D eigenvalue weighted by Gasteiger charge is -2.16. The van der Waals surface area contributed by atoms with Crippen molar-refractivity contribution < 1.29 is 4.74 Å². The van der Waals surface area contributed by atoms with E-state index in [0.717, 1.165) is 58.2 Å². The highest BCUT2D eigenvalue weighted by molar-refractivity contribution is 5.81. The third kappa shape index (κ3) is 3.96. The summed E-state index contributed by atoms with van der Waals surface area (Å²) in [6.45, 7) is 11.1. The number of pyridine rings is 1. The molecule has 3 rings (SSSR count). The van der Waals surface area contributed by atoms with Gasteiger partial charge in [0.25, 0.3) is 0 Å². The van der Waals surface area contributed by atoms with Gasteiger partial charge in [-0.05, 0) is 37.8 Å². The van der Waals surface area contributed by atoms with Gasteiger partial charge in [-0.1, -0.05) is 27.7 Å². The molecule has 1 N–H and O–H groups in total. The van der Waals surface area contributed by atoms with E-state index in [1.165, 1.54) is 0 Å². The van der Waals surface area contributed by atoms with Gasteiger partial charge in [-0.3, -0.25) is 0 Å². The topological polar surface area (TPSA) is 77.8 Å². The Morgan fingerprint density at radius 3 is 2.48 bits per heavy atom. The Labute approximate surface area is 172 Å². The van der Waals surface area contributed by atoms with Crippen molar-refractivity contribution in [2.75, 3.05) is 26.1 Å². The molecule has 0 bridgehead atoms. The zero-order valence-electron chi connectivity index (χ0n) is 18.6. The number of hydrogen-bond acceptors (Lipinski definition) is 6.